The number of benzene rings is 1. The summed E-state index contributed by atoms with van der Waals surface area (Å²) in [5.41, 5.74) is 1.04. The Balaban J connectivity index is 1.71. The van der Waals surface area contributed by atoms with Gasteiger partial charge in [0.05, 0.1) is 29.5 Å². The Bertz CT molecular complexity index is 703. The Kier molecular flexibility index (Phi) is 4.95. The molecular formula is C15H14Cl2N4O2. The zero-order chi connectivity index (χ0) is 16.2. The van der Waals surface area contributed by atoms with Crippen LogP contribution in [0.25, 0.3) is 0 Å². The summed E-state index contributed by atoms with van der Waals surface area (Å²) in [6, 6.07) is 5.06. The number of amides is 1. The molecule has 0 spiro atoms. The molecule has 2 heterocycles. The fraction of sp³-hybridized carbons (Fsp3) is 0.267. The molecule has 0 bridgehead atoms. The first-order chi connectivity index (χ1) is 11.1. The van der Waals surface area contributed by atoms with Crippen LogP contribution in [0.15, 0.2) is 30.6 Å². The van der Waals surface area contributed by atoms with Gasteiger partial charge >= 0.3 is 0 Å². The third-order valence-corrected chi connectivity index (χ3v) is 3.94. The summed E-state index contributed by atoms with van der Waals surface area (Å²) < 4.78 is 5.23. The van der Waals surface area contributed by atoms with E-state index in [2.05, 4.69) is 15.3 Å². The summed E-state index contributed by atoms with van der Waals surface area (Å²) >= 11 is 12.0. The maximum absolute atomic E-state index is 12.3. The van der Waals surface area contributed by atoms with E-state index in [9.17, 15) is 4.79 Å². The molecule has 0 saturated carbocycles. The van der Waals surface area contributed by atoms with Gasteiger partial charge in [-0.25, -0.2) is 9.97 Å². The zero-order valence-electron chi connectivity index (χ0n) is 12.1. The lowest BCUT2D eigenvalue weighted by Crippen LogP contribution is -2.40. The Morgan fingerprint density at radius 2 is 1.87 bits per heavy atom. The molecular weight excluding hydrogens is 339 g/mol. The van der Waals surface area contributed by atoms with E-state index in [4.69, 9.17) is 27.9 Å². The first-order valence-electron chi connectivity index (χ1n) is 7.04. The van der Waals surface area contributed by atoms with Gasteiger partial charge in [-0.3, -0.25) is 4.79 Å². The van der Waals surface area contributed by atoms with E-state index in [0.717, 1.165) is 0 Å². The summed E-state index contributed by atoms with van der Waals surface area (Å²) in [4.78, 5) is 22.3. The number of morpholine rings is 1. The van der Waals surface area contributed by atoms with Crippen molar-refractivity contribution in [2.75, 3.05) is 31.6 Å². The maximum Gasteiger partial charge on any atom is 0.257 e. The highest BCUT2D eigenvalue weighted by Crippen LogP contribution is 2.27. The molecule has 0 atom stereocenters. The number of halogens is 2. The summed E-state index contributed by atoms with van der Waals surface area (Å²) in [5, 5.41) is 4.03. The number of carbonyl (C=O) groups is 1. The van der Waals surface area contributed by atoms with Crippen molar-refractivity contribution in [2.24, 2.45) is 0 Å². The highest BCUT2D eigenvalue weighted by molar-refractivity contribution is 6.35. The fourth-order valence-electron chi connectivity index (χ4n) is 2.17. The number of ether oxygens (including phenoxy) is 1. The number of anilines is 2. The number of rotatable bonds is 3. The Hall–Kier alpha value is -1.89. The van der Waals surface area contributed by atoms with Crippen molar-refractivity contribution in [1.29, 1.82) is 0 Å². The van der Waals surface area contributed by atoms with Gasteiger partial charge in [-0.2, -0.15) is 0 Å². The van der Waals surface area contributed by atoms with Crippen LogP contribution in [0.4, 0.5) is 11.6 Å². The van der Waals surface area contributed by atoms with Gasteiger partial charge in [0.25, 0.3) is 5.91 Å². The topological polar surface area (TPSA) is 67.4 Å². The second-order valence-electron chi connectivity index (χ2n) is 4.95. The summed E-state index contributed by atoms with van der Waals surface area (Å²) in [5.74, 6) is 0.244. The number of carbonyl (C=O) groups excluding carboxylic acids is 1. The number of hydrogen-bond acceptors (Lipinski definition) is 5. The van der Waals surface area contributed by atoms with Gasteiger partial charge in [0.2, 0.25) is 5.95 Å². The first kappa shape index (κ1) is 16.0. The van der Waals surface area contributed by atoms with Gasteiger partial charge < -0.3 is 15.0 Å². The normalized spacial score (nSPS) is 14.6. The van der Waals surface area contributed by atoms with Crippen LogP contribution in [-0.4, -0.2) is 47.1 Å². The van der Waals surface area contributed by atoms with Crippen LogP contribution in [-0.2, 0) is 4.74 Å². The van der Waals surface area contributed by atoms with Crippen molar-refractivity contribution in [1.82, 2.24) is 14.9 Å². The quantitative estimate of drug-likeness (QED) is 0.919. The smallest absolute Gasteiger partial charge is 0.257 e. The van der Waals surface area contributed by atoms with Crippen molar-refractivity contribution >= 4 is 40.7 Å². The zero-order valence-corrected chi connectivity index (χ0v) is 13.6. The lowest BCUT2D eigenvalue weighted by atomic mass is 10.3. The maximum atomic E-state index is 12.3. The van der Waals surface area contributed by atoms with Crippen LogP contribution in [0.2, 0.25) is 10.0 Å². The monoisotopic (exact) mass is 352 g/mol. The van der Waals surface area contributed by atoms with Gasteiger partial charge in [0, 0.05) is 30.5 Å². The average Bonchev–Trinajstić information content (AvgIpc) is 2.59. The van der Waals surface area contributed by atoms with Gasteiger partial charge in [-0.1, -0.05) is 23.2 Å². The number of hydrogen-bond donors (Lipinski definition) is 1. The van der Waals surface area contributed by atoms with Crippen LogP contribution in [0.3, 0.4) is 0 Å². The third kappa shape index (κ3) is 3.90. The molecule has 1 aromatic carbocycles. The molecule has 1 aliphatic heterocycles. The summed E-state index contributed by atoms with van der Waals surface area (Å²) in [6.07, 6.45) is 2.98. The molecule has 2 aromatic rings. The Morgan fingerprint density at radius 1 is 1.17 bits per heavy atom. The highest BCUT2D eigenvalue weighted by Gasteiger charge is 2.19. The number of aromatic nitrogens is 2. The predicted octanol–water partition coefficient (Wildman–Crippen LogP) is 3.00. The average molecular weight is 353 g/mol. The van der Waals surface area contributed by atoms with Gasteiger partial charge in [-0.05, 0) is 18.2 Å². The Labute approximate surface area is 143 Å². The molecule has 8 heteroatoms. The second kappa shape index (κ2) is 7.12. The van der Waals surface area contributed by atoms with E-state index in [0.29, 0.717) is 53.5 Å². The van der Waals surface area contributed by atoms with Crippen molar-refractivity contribution in [3.8, 4) is 0 Å². The Morgan fingerprint density at radius 3 is 2.57 bits per heavy atom. The van der Waals surface area contributed by atoms with Crippen molar-refractivity contribution in [3.05, 3.63) is 46.2 Å². The molecule has 1 fully saturated rings. The molecule has 0 radical (unpaired) electrons. The van der Waals surface area contributed by atoms with E-state index in [-0.39, 0.29) is 5.91 Å². The molecule has 1 saturated heterocycles. The van der Waals surface area contributed by atoms with Crippen LogP contribution in [0.5, 0.6) is 0 Å². The van der Waals surface area contributed by atoms with Crippen LogP contribution >= 0.6 is 23.2 Å². The van der Waals surface area contributed by atoms with Crippen LogP contribution in [0, 0.1) is 0 Å². The third-order valence-electron chi connectivity index (χ3n) is 3.37. The molecule has 0 unspecified atom stereocenters. The van der Waals surface area contributed by atoms with Gasteiger partial charge in [-0.15, -0.1) is 0 Å². The minimum Gasteiger partial charge on any atom is -0.378 e. The molecule has 120 valence electrons. The minimum absolute atomic E-state index is 0.0966. The summed E-state index contributed by atoms with van der Waals surface area (Å²) in [7, 11) is 0. The molecule has 6 nitrogen and oxygen atoms in total. The largest absolute Gasteiger partial charge is 0.378 e. The molecule has 1 aliphatic rings. The van der Waals surface area contributed by atoms with Crippen molar-refractivity contribution in [2.45, 2.75) is 0 Å². The van der Waals surface area contributed by atoms with Crippen molar-refractivity contribution in [3.63, 3.8) is 0 Å². The van der Waals surface area contributed by atoms with Gasteiger partial charge in [0.15, 0.2) is 0 Å². The fourth-order valence-corrected chi connectivity index (χ4v) is 2.50. The van der Waals surface area contributed by atoms with E-state index in [1.807, 2.05) is 0 Å². The predicted molar refractivity (Wildman–Crippen MR) is 88.5 cm³/mol. The SMILES string of the molecule is O=C(c1cnc(Nc2cc(Cl)ccc2Cl)nc1)N1CCOCC1. The molecule has 1 amide bonds. The van der Waals surface area contributed by atoms with Crippen molar-refractivity contribution < 1.29 is 9.53 Å². The number of nitrogens with one attached hydrogen (secondary N) is 1. The van der Waals surface area contributed by atoms with Crippen LogP contribution < -0.4 is 5.32 Å². The standard InChI is InChI=1S/C15H14Cl2N4O2/c16-11-1-2-12(17)13(7-11)20-15-18-8-10(9-19-15)14(22)21-3-5-23-6-4-21/h1-2,7-9H,3-6H2,(H,18,19,20). The molecule has 3 rings (SSSR count). The first-order valence-corrected chi connectivity index (χ1v) is 7.80. The molecule has 23 heavy (non-hydrogen) atoms. The van der Waals surface area contributed by atoms with E-state index < -0.39 is 0 Å². The lowest BCUT2D eigenvalue weighted by molar-refractivity contribution is 0.0302. The number of nitrogens with zero attached hydrogens (tertiary/aromatic N) is 3. The molecule has 0 aliphatic carbocycles. The minimum atomic E-state index is -0.0966. The summed E-state index contributed by atoms with van der Waals surface area (Å²) in [6.45, 7) is 2.27. The highest BCUT2D eigenvalue weighted by atomic mass is 35.5. The lowest BCUT2D eigenvalue weighted by Gasteiger charge is -2.26. The molecule has 1 N–H and O–H groups in total. The molecule has 1 aromatic heterocycles. The van der Waals surface area contributed by atoms with E-state index in [1.54, 1.807) is 23.1 Å². The van der Waals surface area contributed by atoms with Gasteiger partial charge in [0.1, 0.15) is 0 Å². The second-order valence-corrected chi connectivity index (χ2v) is 5.79. The van der Waals surface area contributed by atoms with E-state index >= 15 is 0 Å². The van der Waals surface area contributed by atoms with Crippen LogP contribution in [0.1, 0.15) is 10.4 Å². The van der Waals surface area contributed by atoms with E-state index in [1.165, 1.54) is 12.4 Å².